The molecule has 2 heterocycles. The van der Waals surface area contributed by atoms with Crippen molar-refractivity contribution >= 4 is 11.8 Å². The molecule has 0 aliphatic carbocycles. The predicted molar refractivity (Wildman–Crippen MR) is 56.4 cm³/mol. The molecule has 1 aromatic heterocycles. The summed E-state index contributed by atoms with van der Waals surface area (Å²) in [6.45, 7) is 1.86. The Labute approximate surface area is 97.3 Å². The van der Waals surface area contributed by atoms with Gasteiger partial charge in [-0.05, 0) is 18.6 Å². The van der Waals surface area contributed by atoms with Crippen molar-refractivity contribution in [2.45, 2.75) is 19.4 Å². The fraction of sp³-hybridized carbons (Fsp3) is 0.273. The Hall–Kier alpha value is -2.51. The van der Waals surface area contributed by atoms with Gasteiger partial charge >= 0.3 is 0 Å². The van der Waals surface area contributed by atoms with Crippen LogP contribution >= 0.6 is 0 Å². The first-order valence-corrected chi connectivity index (χ1v) is 5.05. The van der Waals surface area contributed by atoms with Crippen molar-refractivity contribution in [1.82, 2.24) is 5.17 Å². The molecule has 0 fully saturated rings. The van der Waals surface area contributed by atoms with Gasteiger partial charge in [-0.2, -0.15) is 5.26 Å². The van der Waals surface area contributed by atoms with E-state index in [4.69, 9.17) is 14.5 Å². The van der Waals surface area contributed by atoms with E-state index < -0.39 is 0 Å². The van der Waals surface area contributed by atoms with Crippen LogP contribution in [0.1, 0.15) is 19.1 Å². The third-order valence-electron chi connectivity index (χ3n) is 2.42. The van der Waals surface area contributed by atoms with E-state index in [0.717, 1.165) is 5.17 Å². The van der Waals surface area contributed by atoms with E-state index in [9.17, 15) is 4.79 Å². The monoisotopic (exact) mass is 231 g/mol. The van der Waals surface area contributed by atoms with Crippen molar-refractivity contribution in [1.29, 1.82) is 5.26 Å². The van der Waals surface area contributed by atoms with Gasteiger partial charge in [0.25, 0.3) is 6.08 Å². The summed E-state index contributed by atoms with van der Waals surface area (Å²) in [6, 6.07) is 5.03. The first-order valence-electron chi connectivity index (χ1n) is 5.05. The van der Waals surface area contributed by atoms with Crippen LogP contribution in [0.25, 0.3) is 5.76 Å². The van der Waals surface area contributed by atoms with E-state index in [0.29, 0.717) is 23.5 Å². The minimum absolute atomic E-state index is 0.295. The second-order valence-electron chi connectivity index (χ2n) is 3.34. The van der Waals surface area contributed by atoms with Crippen LogP contribution in [0.4, 0.5) is 0 Å². The van der Waals surface area contributed by atoms with E-state index in [1.54, 1.807) is 12.1 Å². The Morgan fingerprint density at radius 2 is 2.47 bits per heavy atom. The Kier molecular flexibility index (Phi) is 2.95. The minimum atomic E-state index is -0.387. The van der Waals surface area contributed by atoms with E-state index in [2.05, 4.69) is 11.2 Å². The Bertz CT molecular complexity index is 521. The minimum Gasteiger partial charge on any atom is -0.461 e. The van der Waals surface area contributed by atoms with Gasteiger partial charge in [0.1, 0.15) is 17.7 Å². The van der Waals surface area contributed by atoms with E-state index >= 15 is 0 Å². The highest BCUT2D eigenvalue weighted by Crippen LogP contribution is 2.34. The van der Waals surface area contributed by atoms with Crippen LogP contribution < -0.4 is 0 Å². The molecular formula is C11H9N3O3. The van der Waals surface area contributed by atoms with Gasteiger partial charge in [-0.1, -0.05) is 12.0 Å². The van der Waals surface area contributed by atoms with Gasteiger partial charge < -0.3 is 9.25 Å². The summed E-state index contributed by atoms with van der Waals surface area (Å²) < 4.78 is 5.17. The molecule has 17 heavy (non-hydrogen) atoms. The maximum absolute atomic E-state index is 10.3. The summed E-state index contributed by atoms with van der Waals surface area (Å²) in [5.74, 6) is 0.729. The second-order valence-corrected chi connectivity index (χ2v) is 3.34. The molecule has 6 nitrogen and oxygen atoms in total. The third kappa shape index (κ3) is 1.80. The van der Waals surface area contributed by atoms with Crippen LogP contribution in [0.5, 0.6) is 0 Å². The van der Waals surface area contributed by atoms with Crippen LogP contribution in [0.15, 0.2) is 33.5 Å². The molecule has 86 valence electrons. The quantitative estimate of drug-likeness (QED) is 0.585. The molecule has 2 rings (SSSR count). The molecule has 6 heteroatoms. The fourth-order valence-corrected chi connectivity index (χ4v) is 1.67. The van der Waals surface area contributed by atoms with E-state index in [-0.39, 0.29) is 6.04 Å². The van der Waals surface area contributed by atoms with Gasteiger partial charge in [-0.15, -0.1) is 5.17 Å². The number of hydrogen-bond acceptors (Lipinski definition) is 6. The summed E-state index contributed by atoms with van der Waals surface area (Å²) in [7, 11) is 0. The maximum atomic E-state index is 10.3. The summed E-state index contributed by atoms with van der Waals surface area (Å²) in [5.41, 5.74) is 0.390. The van der Waals surface area contributed by atoms with Crippen LogP contribution in [0, 0.1) is 11.3 Å². The fourth-order valence-electron chi connectivity index (χ4n) is 1.67. The highest BCUT2D eigenvalue weighted by molar-refractivity contribution is 5.66. The number of carbonyl (C=O) groups excluding carboxylic acids is 1. The molecule has 1 atom stereocenters. The SMILES string of the molecule is CCC1C(C#N)=C(c2ccco2)ON1N=C=O. The largest absolute Gasteiger partial charge is 0.461 e. The molecule has 0 N–H and O–H groups in total. The van der Waals surface area contributed by atoms with Crippen molar-refractivity contribution in [3.8, 4) is 6.07 Å². The number of hydroxylamine groups is 1. The van der Waals surface area contributed by atoms with Crippen molar-refractivity contribution < 1.29 is 14.0 Å². The highest BCUT2D eigenvalue weighted by Gasteiger charge is 2.36. The molecule has 0 radical (unpaired) electrons. The third-order valence-corrected chi connectivity index (χ3v) is 2.42. The van der Waals surface area contributed by atoms with Gasteiger partial charge in [0.2, 0.25) is 5.76 Å². The Morgan fingerprint density at radius 1 is 1.65 bits per heavy atom. The highest BCUT2D eigenvalue weighted by atomic mass is 16.7. The molecule has 0 saturated carbocycles. The van der Waals surface area contributed by atoms with Gasteiger partial charge in [0, 0.05) is 0 Å². The number of isocyanates is 1. The molecular weight excluding hydrogens is 222 g/mol. The zero-order valence-corrected chi connectivity index (χ0v) is 9.08. The predicted octanol–water partition coefficient (Wildman–Crippen LogP) is 1.79. The molecule has 1 aliphatic heterocycles. The molecule has 0 spiro atoms. The first kappa shape index (κ1) is 11.0. The van der Waals surface area contributed by atoms with Gasteiger partial charge in [-0.3, -0.25) is 0 Å². The molecule has 0 aromatic carbocycles. The van der Waals surface area contributed by atoms with Crippen LogP contribution in [-0.2, 0) is 9.63 Å². The van der Waals surface area contributed by atoms with Crippen molar-refractivity contribution in [2.24, 2.45) is 5.10 Å². The molecule has 1 unspecified atom stereocenters. The number of rotatable bonds is 3. The number of hydrogen-bond donors (Lipinski definition) is 0. The smallest absolute Gasteiger partial charge is 0.261 e. The van der Waals surface area contributed by atoms with Gasteiger partial charge in [-0.25, -0.2) is 4.79 Å². The lowest BCUT2D eigenvalue weighted by atomic mass is 10.1. The van der Waals surface area contributed by atoms with Crippen molar-refractivity contribution in [3.05, 3.63) is 29.7 Å². The summed E-state index contributed by atoms with van der Waals surface area (Å²) >= 11 is 0. The number of furan rings is 1. The average molecular weight is 231 g/mol. The lowest BCUT2D eigenvalue weighted by molar-refractivity contribution is -0.0920. The number of hydrazone groups is 1. The summed E-state index contributed by atoms with van der Waals surface area (Å²) in [4.78, 5) is 15.6. The van der Waals surface area contributed by atoms with E-state index in [1.807, 2.05) is 6.92 Å². The normalized spacial score (nSPS) is 18.6. The van der Waals surface area contributed by atoms with Gasteiger partial charge in [0.05, 0.1) is 6.26 Å². The first-order chi connectivity index (χ1) is 8.31. The zero-order valence-electron chi connectivity index (χ0n) is 9.08. The molecule has 1 aromatic rings. The summed E-state index contributed by atoms with van der Waals surface area (Å²) in [6.07, 6.45) is 3.45. The van der Waals surface area contributed by atoms with Gasteiger partial charge in [0.15, 0.2) is 5.76 Å². The number of nitrogens with zero attached hydrogens (tertiary/aromatic N) is 3. The van der Waals surface area contributed by atoms with Crippen LogP contribution in [-0.4, -0.2) is 17.3 Å². The average Bonchev–Trinajstić information content (AvgIpc) is 2.95. The van der Waals surface area contributed by atoms with Crippen LogP contribution in [0.2, 0.25) is 0 Å². The zero-order chi connectivity index (χ0) is 12.3. The molecule has 0 amide bonds. The van der Waals surface area contributed by atoms with Crippen molar-refractivity contribution in [2.75, 3.05) is 0 Å². The van der Waals surface area contributed by atoms with E-state index in [1.165, 1.54) is 12.3 Å². The van der Waals surface area contributed by atoms with Crippen LogP contribution in [0.3, 0.4) is 0 Å². The molecule has 0 saturated heterocycles. The maximum Gasteiger partial charge on any atom is 0.261 e. The molecule has 1 aliphatic rings. The lowest BCUT2D eigenvalue weighted by Gasteiger charge is -2.15. The second kappa shape index (κ2) is 4.56. The molecule has 0 bridgehead atoms. The Balaban J connectivity index is 2.43. The standard InChI is InChI=1S/C11H9N3O3/c1-2-9-8(6-12)11(10-4-3-5-16-10)17-14(9)13-7-15/h3-5,9H,2H2,1H3. The topological polar surface area (TPSA) is 78.8 Å². The number of nitriles is 1. The van der Waals surface area contributed by atoms with Crippen molar-refractivity contribution in [3.63, 3.8) is 0 Å². The summed E-state index contributed by atoms with van der Waals surface area (Å²) in [5, 5.41) is 13.6. The lowest BCUT2D eigenvalue weighted by Crippen LogP contribution is -2.24. The Morgan fingerprint density at radius 3 is 3.00 bits per heavy atom.